The van der Waals surface area contributed by atoms with E-state index in [1.807, 2.05) is 42.2 Å². The molecule has 7 heteroatoms. The van der Waals surface area contributed by atoms with E-state index in [0.717, 1.165) is 62.5 Å². The maximum atomic E-state index is 13.7. The Labute approximate surface area is 214 Å². The van der Waals surface area contributed by atoms with Crippen LogP contribution in [0.1, 0.15) is 87.8 Å². The van der Waals surface area contributed by atoms with Crippen molar-refractivity contribution < 1.29 is 14.4 Å². The lowest BCUT2D eigenvalue weighted by Crippen LogP contribution is -2.49. The first-order valence-electron chi connectivity index (χ1n) is 13.4. The van der Waals surface area contributed by atoms with Gasteiger partial charge in [-0.05, 0) is 56.7 Å². The first-order valence-corrected chi connectivity index (χ1v) is 13.4. The van der Waals surface area contributed by atoms with Gasteiger partial charge in [-0.3, -0.25) is 14.4 Å². The normalized spacial score (nSPS) is 17.0. The van der Waals surface area contributed by atoms with Crippen LogP contribution in [0, 0.1) is 6.92 Å². The predicted octanol–water partition coefficient (Wildman–Crippen LogP) is 5.07. The summed E-state index contributed by atoms with van der Waals surface area (Å²) in [5, 5.41) is 6.02. The highest BCUT2D eigenvalue weighted by Crippen LogP contribution is 2.33. The van der Waals surface area contributed by atoms with Gasteiger partial charge in [-0.15, -0.1) is 0 Å². The average Bonchev–Trinajstić information content (AvgIpc) is 3.58. The monoisotopic (exact) mass is 490 g/mol. The Morgan fingerprint density at radius 3 is 2.31 bits per heavy atom. The number of rotatable bonds is 10. The van der Waals surface area contributed by atoms with Gasteiger partial charge in [0.25, 0.3) is 0 Å². The van der Waals surface area contributed by atoms with Crippen LogP contribution in [0.15, 0.2) is 48.7 Å². The van der Waals surface area contributed by atoms with Crippen LogP contribution in [0.4, 0.5) is 5.82 Å². The van der Waals surface area contributed by atoms with Crippen LogP contribution in [-0.4, -0.2) is 39.7 Å². The maximum absolute atomic E-state index is 13.7. The summed E-state index contributed by atoms with van der Waals surface area (Å²) in [5.74, 6) is 0.200. The smallest absolute Gasteiger partial charge is 0.247 e. The first kappa shape index (κ1) is 25.9. The number of carbonyl (C=O) groups is 3. The first-order chi connectivity index (χ1) is 17.5. The molecule has 3 amide bonds. The molecule has 2 N–H and O–H groups in total. The molecule has 0 unspecified atom stereocenters. The molecule has 2 fully saturated rings. The molecule has 0 bridgehead atoms. The Balaban J connectivity index is 1.48. The second kappa shape index (κ2) is 12.7. The maximum Gasteiger partial charge on any atom is 0.247 e. The standard InChI is InChI=1S/C29H38N4O3/c1-21-16-18-22(19-17-21)28(29(36)31-23-9-2-3-10-23)33(24-11-4-5-12-24)27(35)15-8-14-26(34)32-25-13-6-7-20-30-25/h6-7,13,16-20,23-24,28H,2-5,8-12,14-15H2,1H3,(H,31,36)(H,30,32,34)/t28-/m0/s1. The Hall–Kier alpha value is -3.22. The molecule has 2 aliphatic carbocycles. The molecule has 0 saturated heterocycles. The number of hydrogen-bond acceptors (Lipinski definition) is 4. The van der Waals surface area contributed by atoms with Gasteiger partial charge in [0, 0.05) is 31.1 Å². The molecule has 0 radical (unpaired) electrons. The van der Waals surface area contributed by atoms with Gasteiger partial charge >= 0.3 is 0 Å². The van der Waals surface area contributed by atoms with Crippen LogP contribution in [-0.2, 0) is 14.4 Å². The molecular weight excluding hydrogens is 452 g/mol. The Bertz CT molecular complexity index is 1010. The van der Waals surface area contributed by atoms with E-state index in [1.54, 1.807) is 18.3 Å². The van der Waals surface area contributed by atoms with Crippen molar-refractivity contribution in [2.75, 3.05) is 5.32 Å². The van der Waals surface area contributed by atoms with E-state index in [9.17, 15) is 14.4 Å². The molecule has 0 aliphatic heterocycles. The number of benzene rings is 1. The third kappa shape index (κ3) is 6.93. The van der Waals surface area contributed by atoms with E-state index >= 15 is 0 Å². The highest BCUT2D eigenvalue weighted by Gasteiger charge is 2.38. The van der Waals surface area contributed by atoms with E-state index in [-0.39, 0.29) is 42.6 Å². The molecule has 1 aromatic heterocycles. The highest BCUT2D eigenvalue weighted by molar-refractivity contribution is 5.91. The zero-order valence-electron chi connectivity index (χ0n) is 21.2. The topological polar surface area (TPSA) is 91.4 Å². The molecule has 7 nitrogen and oxygen atoms in total. The molecule has 2 aliphatic rings. The van der Waals surface area contributed by atoms with Crippen LogP contribution in [0.3, 0.4) is 0 Å². The third-order valence-electron chi connectivity index (χ3n) is 7.35. The fourth-order valence-corrected chi connectivity index (χ4v) is 5.45. The van der Waals surface area contributed by atoms with Gasteiger partial charge in [0.15, 0.2) is 0 Å². The summed E-state index contributed by atoms with van der Waals surface area (Å²) in [5.41, 5.74) is 1.97. The SMILES string of the molecule is Cc1ccc([C@@H](C(=O)NC2CCCC2)N(C(=O)CCCC(=O)Nc2ccccn2)C2CCCC2)cc1. The molecule has 2 saturated carbocycles. The van der Waals surface area contributed by atoms with E-state index < -0.39 is 6.04 Å². The van der Waals surface area contributed by atoms with Gasteiger partial charge in [0.1, 0.15) is 11.9 Å². The van der Waals surface area contributed by atoms with Crippen LogP contribution in [0.2, 0.25) is 0 Å². The molecule has 0 spiro atoms. The minimum absolute atomic E-state index is 0.0421. The lowest BCUT2D eigenvalue weighted by atomic mass is 9.98. The fourth-order valence-electron chi connectivity index (χ4n) is 5.45. The molecule has 36 heavy (non-hydrogen) atoms. The van der Waals surface area contributed by atoms with Crippen molar-refractivity contribution in [3.05, 3.63) is 59.8 Å². The Morgan fingerprint density at radius 2 is 1.64 bits per heavy atom. The largest absolute Gasteiger partial charge is 0.351 e. The highest BCUT2D eigenvalue weighted by atomic mass is 16.2. The quantitative estimate of drug-likeness (QED) is 0.486. The van der Waals surface area contributed by atoms with Gasteiger partial charge in [-0.2, -0.15) is 0 Å². The number of pyridine rings is 1. The average molecular weight is 491 g/mol. The van der Waals surface area contributed by atoms with Crippen LogP contribution in [0.5, 0.6) is 0 Å². The van der Waals surface area contributed by atoms with E-state index in [2.05, 4.69) is 15.6 Å². The molecule has 1 aromatic carbocycles. The second-order valence-electron chi connectivity index (χ2n) is 10.2. The summed E-state index contributed by atoms with van der Waals surface area (Å²) in [6, 6.07) is 12.9. The summed E-state index contributed by atoms with van der Waals surface area (Å²) in [6.45, 7) is 2.02. The van der Waals surface area contributed by atoms with E-state index in [1.165, 1.54) is 0 Å². The predicted molar refractivity (Wildman–Crippen MR) is 140 cm³/mol. The summed E-state index contributed by atoms with van der Waals surface area (Å²) in [6.07, 6.45) is 10.7. The van der Waals surface area contributed by atoms with Crippen LogP contribution < -0.4 is 10.6 Å². The number of amides is 3. The van der Waals surface area contributed by atoms with Gasteiger partial charge in [-0.1, -0.05) is 61.6 Å². The zero-order chi connectivity index (χ0) is 25.3. The van der Waals surface area contributed by atoms with Crippen molar-refractivity contribution >= 4 is 23.5 Å². The summed E-state index contributed by atoms with van der Waals surface area (Å²) >= 11 is 0. The molecular formula is C29H38N4O3. The number of nitrogens with one attached hydrogen (secondary N) is 2. The Kier molecular flexibility index (Phi) is 9.09. The molecule has 192 valence electrons. The third-order valence-corrected chi connectivity index (χ3v) is 7.35. The molecule has 4 rings (SSSR count). The second-order valence-corrected chi connectivity index (χ2v) is 10.2. The minimum atomic E-state index is -0.649. The van der Waals surface area contributed by atoms with Crippen LogP contribution in [0.25, 0.3) is 0 Å². The van der Waals surface area contributed by atoms with E-state index in [0.29, 0.717) is 12.2 Å². The van der Waals surface area contributed by atoms with Gasteiger partial charge < -0.3 is 15.5 Å². The minimum Gasteiger partial charge on any atom is -0.351 e. The number of aromatic nitrogens is 1. The van der Waals surface area contributed by atoms with Gasteiger partial charge in [0.2, 0.25) is 17.7 Å². The molecule has 1 atom stereocenters. The Morgan fingerprint density at radius 1 is 0.944 bits per heavy atom. The summed E-state index contributed by atoms with van der Waals surface area (Å²) in [4.78, 5) is 45.7. The zero-order valence-corrected chi connectivity index (χ0v) is 21.2. The number of carbonyl (C=O) groups excluding carboxylic acids is 3. The van der Waals surface area contributed by atoms with E-state index in [4.69, 9.17) is 0 Å². The van der Waals surface area contributed by atoms with Crippen molar-refractivity contribution in [1.29, 1.82) is 0 Å². The lowest BCUT2D eigenvalue weighted by molar-refractivity contribution is -0.144. The number of hydrogen-bond donors (Lipinski definition) is 2. The molecule has 2 aromatic rings. The summed E-state index contributed by atoms with van der Waals surface area (Å²) < 4.78 is 0. The summed E-state index contributed by atoms with van der Waals surface area (Å²) in [7, 11) is 0. The van der Waals surface area contributed by atoms with Gasteiger partial charge in [0.05, 0.1) is 0 Å². The number of anilines is 1. The lowest BCUT2D eigenvalue weighted by Gasteiger charge is -2.37. The van der Waals surface area contributed by atoms with Crippen molar-refractivity contribution in [1.82, 2.24) is 15.2 Å². The van der Waals surface area contributed by atoms with Crippen molar-refractivity contribution in [3.8, 4) is 0 Å². The van der Waals surface area contributed by atoms with Crippen molar-refractivity contribution in [2.24, 2.45) is 0 Å². The van der Waals surface area contributed by atoms with Crippen molar-refractivity contribution in [2.45, 2.75) is 95.7 Å². The van der Waals surface area contributed by atoms with Gasteiger partial charge in [-0.25, -0.2) is 4.98 Å². The number of nitrogens with zero attached hydrogens (tertiary/aromatic N) is 2. The number of aryl methyl sites for hydroxylation is 1. The van der Waals surface area contributed by atoms with Crippen LogP contribution >= 0.6 is 0 Å². The fraction of sp³-hybridized carbons (Fsp3) is 0.517. The van der Waals surface area contributed by atoms with Crippen molar-refractivity contribution in [3.63, 3.8) is 0 Å². The molecule has 1 heterocycles.